The maximum atomic E-state index is 13.4. The van der Waals surface area contributed by atoms with E-state index in [-0.39, 0.29) is 17.4 Å². The zero-order chi connectivity index (χ0) is 26.7. The minimum Gasteiger partial charge on any atom is -0.507 e. The number of aliphatic hydroxyl groups excluding tert-OH is 1. The van der Waals surface area contributed by atoms with E-state index in [4.69, 9.17) is 14.2 Å². The predicted octanol–water partition coefficient (Wildman–Crippen LogP) is 5.03. The monoisotopic (exact) mass is 501 g/mol. The fraction of sp³-hybridized carbons (Fsp3) is 0.207. The Morgan fingerprint density at radius 1 is 0.919 bits per heavy atom. The Hall–Kier alpha value is -4.59. The normalized spacial score (nSPS) is 16.7. The van der Waals surface area contributed by atoms with Crippen LogP contribution in [0.25, 0.3) is 5.76 Å². The Balaban J connectivity index is 1.87. The molecule has 0 aromatic heterocycles. The van der Waals surface area contributed by atoms with Crippen molar-refractivity contribution < 1.29 is 33.7 Å². The first-order valence-corrected chi connectivity index (χ1v) is 11.7. The van der Waals surface area contributed by atoms with E-state index in [1.54, 1.807) is 72.8 Å². The van der Waals surface area contributed by atoms with Crippen molar-refractivity contribution in [2.75, 3.05) is 12.0 Å². The second-order valence-corrected chi connectivity index (χ2v) is 8.72. The summed E-state index contributed by atoms with van der Waals surface area (Å²) in [6, 6.07) is 18.9. The number of carbonyl (C=O) groups excluding carboxylic acids is 3. The summed E-state index contributed by atoms with van der Waals surface area (Å²) in [5.74, 6) is -0.974. The molecule has 0 spiro atoms. The molecule has 0 aliphatic carbocycles. The lowest BCUT2D eigenvalue weighted by Gasteiger charge is -2.25. The van der Waals surface area contributed by atoms with Crippen LogP contribution in [0.4, 0.5) is 5.69 Å². The van der Waals surface area contributed by atoms with Crippen molar-refractivity contribution in [1.29, 1.82) is 0 Å². The number of rotatable bonds is 7. The smallest absolute Gasteiger partial charge is 0.308 e. The molecule has 1 atom stereocenters. The van der Waals surface area contributed by atoms with E-state index in [1.807, 2.05) is 13.8 Å². The maximum absolute atomic E-state index is 13.4. The van der Waals surface area contributed by atoms with Crippen LogP contribution >= 0.6 is 0 Å². The molecule has 1 aliphatic rings. The van der Waals surface area contributed by atoms with Gasteiger partial charge in [0.2, 0.25) is 0 Å². The highest BCUT2D eigenvalue weighted by Crippen LogP contribution is 2.43. The van der Waals surface area contributed by atoms with Crippen molar-refractivity contribution in [3.8, 4) is 17.2 Å². The first kappa shape index (κ1) is 25.5. The molecule has 0 bridgehead atoms. The summed E-state index contributed by atoms with van der Waals surface area (Å²) in [6.07, 6.45) is -0.0891. The van der Waals surface area contributed by atoms with Crippen LogP contribution in [-0.2, 0) is 14.4 Å². The minimum atomic E-state index is -0.936. The second kappa shape index (κ2) is 10.6. The number of hydrogen-bond donors (Lipinski definition) is 1. The highest BCUT2D eigenvalue weighted by atomic mass is 16.5. The van der Waals surface area contributed by atoms with Gasteiger partial charge in [0.25, 0.3) is 11.7 Å². The van der Waals surface area contributed by atoms with Gasteiger partial charge in [0.05, 0.1) is 24.8 Å². The number of carbonyl (C=O) groups is 3. The zero-order valence-corrected chi connectivity index (χ0v) is 20.9. The van der Waals surface area contributed by atoms with Crippen LogP contribution in [0.3, 0.4) is 0 Å². The van der Waals surface area contributed by atoms with Gasteiger partial charge in [-0.15, -0.1) is 0 Å². The zero-order valence-electron chi connectivity index (χ0n) is 20.9. The van der Waals surface area contributed by atoms with Gasteiger partial charge in [0.1, 0.15) is 23.0 Å². The number of methoxy groups -OCH3 is 1. The van der Waals surface area contributed by atoms with Crippen molar-refractivity contribution in [2.45, 2.75) is 32.9 Å². The molecule has 1 saturated heterocycles. The number of nitrogens with zero attached hydrogens (tertiary/aromatic N) is 1. The van der Waals surface area contributed by atoms with Crippen molar-refractivity contribution >= 4 is 29.1 Å². The summed E-state index contributed by atoms with van der Waals surface area (Å²) >= 11 is 0. The van der Waals surface area contributed by atoms with Crippen molar-refractivity contribution in [3.63, 3.8) is 0 Å². The number of anilines is 1. The third-order valence-electron chi connectivity index (χ3n) is 5.73. The summed E-state index contributed by atoms with van der Waals surface area (Å²) in [4.78, 5) is 39.3. The van der Waals surface area contributed by atoms with Gasteiger partial charge < -0.3 is 19.3 Å². The van der Waals surface area contributed by atoms with Crippen LogP contribution < -0.4 is 19.1 Å². The van der Waals surface area contributed by atoms with Crippen molar-refractivity contribution in [3.05, 3.63) is 89.5 Å². The SMILES string of the molecule is COc1ccc(N2C(=O)C(=O)/C(=C(\O)c3cccc(OC(C)C)c3)C2c2ccc(OC(C)=O)cc2)cc1. The molecule has 0 saturated carbocycles. The molecule has 8 nitrogen and oxygen atoms in total. The lowest BCUT2D eigenvalue weighted by Crippen LogP contribution is -2.29. The molecule has 1 aliphatic heterocycles. The van der Waals surface area contributed by atoms with E-state index in [0.717, 1.165) is 0 Å². The van der Waals surface area contributed by atoms with Gasteiger partial charge in [-0.3, -0.25) is 19.3 Å². The number of aliphatic hydroxyl groups is 1. The topological polar surface area (TPSA) is 102 Å². The molecule has 1 amide bonds. The molecule has 1 heterocycles. The summed E-state index contributed by atoms with van der Waals surface area (Å²) < 4.78 is 16.1. The summed E-state index contributed by atoms with van der Waals surface area (Å²) in [7, 11) is 1.53. The molecule has 8 heteroatoms. The van der Waals surface area contributed by atoms with Crippen LogP contribution in [0.1, 0.15) is 37.9 Å². The van der Waals surface area contributed by atoms with Crippen molar-refractivity contribution in [2.24, 2.45) is 0 Å². The molecule has 1 N–H and O–H groups in total. The van der Waals surface area contributed by atoms with E-state index in [1.165, 1.54) is 18.9 Å². The summed E-state index contributed by atoms with van der Waals surface area (Å²) in [5, 5.41) is 11.4. The predicted molar refractivity (Wildman–Crippen MR) is 138 cm³/mol. The van der Waals surface area contributed by atoms with Gasteiger partial charge in [0.15, 0.2) is 0 Å². The van der Waals surface area contributed by atoms with E-state index in [0.29, 0.717) is 34.1 Å². The summed E-state index contributed by atoms with van der Waals surface area (Å²) in [5.41, 5.74) is 1.27. The van der Waals surface area contributed by atoms with Gasteiger partial charge in [-0.25, -0.2) is 0 Å². The van der Waals surface area contributed by atoms with Gasteiger partial charge in [-0.2, -0.15) is 0 Å². The first-order valence-electron chi connectivity index (χ1n) is 11.7. The third-order valence-corrected chi connectivity index (χ3v) is 5.73. The Labute approximate surface area is 214 Å². The second-order valence-electron chi connectivity index (χ2n) is 8.72. The number of hydrogen-bond acceptors (Lipinski definition) is 7. The third kappa shape index (κ3) is 5.33. The Morgan fingerprint density at radius 2 is 1.57 bits per heavy atom. The Bertz CT molecular complexity index is 1360. The fourth-order valence-corrected chi connectivity index (χ4v) is 4.19. The first-order chi connectivity index (χ1) is 17.7. The Morgan fingerprint density at radius 3 is 2.16 bits per heavy atom. The van der Waals surface area contributed by atoms with Crippen LogP contribution in [-0.4, -0.2) is 36.0 Å². The number of esters is 1. The highest BCUT2D eigenvalue weighted by Gasteiger charge is 2.47. The largest absolute Gasteiger partial charge is 0.507 e. The molecule has 4 rings (SSSR count). The number of ketones is 1. The number of amides is 1. The van der Waals surface area contributed by atoms with E-state index >= 15 is 0 Å². The van der Waals surface area contributed by atoms with E-state index in [9.17, 15) is 19.5 Å². The molecule has 1 fully saturated rings. The molecule has 1 unspecified atom stereocenters. The van der Waals surface area contributed by atoms with Gasteiger partial charge in [-0.05, 0) is 67.9 Å². The maximum Gasteiger partial charge on any atom is 0.308 e. The van der Waals surface area contributed by atoms with E-state index < -0.39 is 23.7 Å². The molecular formula is C29H27NO7. The minimum absolute atomic E-state index is 0.0669. The van der Waals surface area contributed by atoms with Gasteiger partial charge in [-0.1, -0.05) is 24.3 Å². The van der Waals surface area contributed by atoms with Crippen molar-refractivity contribution in [1.82, 2.24) is 0 Å². The fourth-order valence-electron chi connectivity index (χ4n) is 4.19. The van der Waals surface area contributed by atoms with Gasteiger partial charge >= 0.3 is 5.97 Å². The van der Waals surface area contributed by atoms with Gasteiger partial charge in [0, 0.05) is 18.2 Å². The number of Topliss-reactive ketones (excluding diaryl/α,β-unsaturated/α-hetero) is 1. The van der Waals surface area contributed by atoms with Crippen LogP contribution in [0.2, 0.25) is 0 Å². The van der Waals surface area contributed by atoms with E-state index in [2.05, 4.69) is 0 Å². The molecule has 190 valence electrons. The highest BCUT2D eigenvalue weighted by molar-refractivity contribution is 6.51. The average molecular weight is 502 g/mol. The van der Waals surface area contributed by atoms with Crippen LogP contribution in [0, 0.1) is 0 Å². The summed E-state index contributed by atoms with van der Waals surface area (Å²) in [6.45, 7) is 5.06. The van der Waals surface area contributed by atoms with Crippen LogP contribution in [0.5, 0.6) is 17.2 Å². The molecule has 0 radical (unpaired) electrons. The molecule has 3 aromatic carbocycles. The standard InChI is InChI=1S/C29H27NO7/c1-17(2)36-24-7-5-6-20(16-24)27(32)25-26(19-8-12-23(13-9-19)37-18(3)31)30(29(34)28(25)33)21-10-14-22(35-4)15-11-21/h5-17,26,32H,1-4H3/b27-25-. The molecule has 3 aromatic rings. The quantitative estimate of drug-likeness (QED) is 0.159. The number of ether oxygens (including phenoxy) is 3. The lowest BCUT2D eigenvalue weighted by atomic mass is 9.95. The molecule has 37 heavy (non-hydrogen) atoms. The molecular weight excluding hydrogens is 474 g/mol. The lowest BCUT2D eigenvalue weighted by molar-refractivity contribution is -0.132. The average Bonchev–Trinajstić information content (AvgIpc) is 3.13. The Kier molecular flexibility index (Phi) is 7.29. The number of benzene rings is 3. The van der Waals surface area contributed by atoms with Crippen LogP contribution in [0.15, 0.2) is 78.4 Å².